The molecular formula is C20H23FN2O4S. The molecule has 1 heterocycles. The second kappa shape index (κ2) is 9.16. The van der Waals surface area contributed by atoms with Crippen LogP contribution in [0.25, 0.3) is 0 Å². The van der Waals surface area contributed by atoms with Crippen LogP contribution >= 0.6 is 0 Å². The first-order valence-corrected chi connectivity index (χ1v) is 10.6. The molecular weight excluding hydrogens is 383 g/mol. The molecule has 1 aliphatic rings. The molecule has 1 N–H and O–H groups in total. The first-order valence-electron chi connectivity index (χ1n) is 9.18. The molecule has 3 rings (SSSR count). The Morgan fingerprint density at radius 1 is 1.14 bits per heavy atom. The molecule has 1 fully saturated rings. The Hall–Kier alpha value is -2.45. The zero-order valence-electron chi connectivity index (χ0n) is 15.4. The van der Waals surface area contributed by atoms with Crippen LogP contribution in [0.2, 0.25) is 0 Å². The van der Waals surface area contributed by atoms with E-state index in [1.165, 1.54) is 16.4 Å². The van der Waals surface area contributed by atoms with Crippen molar-refractivity contribution in [2.45, 2.75) is 17.7 Å². The number of hydrogen-bond acceptors (Lipinski definition) is 4. The average Bonchev–Trinajstić information content (AvgIpc) is 2.72. The van der Waals surface area contributed by atoms with Gasteiger partial charge in [0, 0.05) is 13.1 Å². The van der Waals surface area contributed by atoms with Gasteiger partial charge in [0.25, 0.3) is 0 Å². The number of sulfonamides is 1. The molecule has 0 spiro atoms. The highest BCUT2D eigenvalue weighted by Gasteiger charge is 2.33. The third-order valence-corrected chi connectivity index (χ3v) is 6.50. The molecule has 0 radical (unpaired) electrons. The molecule has 150 valence electrons. The molecule has 1 amide bonds. The van der Waals surface area contributed by atoms with Gasteiger partial charge in [0.15, 0.2) is 0 Å². The summed E-state index contributed by atoms with van der Waals surface area (Å²) in [5.41, 5.74) is 0. The van der Waals surface area contributed by atoms with Crippen molar-refractivity contribution in [1.29, 1.82) is 0 Å². The Bertz CT molecular complexity index is 888. The van der Waals surface area contributed by atoms with Gasteiger partial charge in [-0.05, 0) is 49.2 Å². The van der Waals surface area contributed by atoms with Gasteiger partial charge in [-0.25, -0.2) is 12.8 Å². The molecule has 0 saturated carbocycles. The molecule has 1 saturated heterocycles. The summed E-state index contributed by atoms with van der Waals surface area (Å²) in [6, 6.07) is 14.0. The quantitative estimate of drug-likeness (QED) is 0.717. The number of halogens is 1. The lowest BCUT2D eigenvalue weighted by Crippen LogP contribution is -2.45. The minimum absolute atomic E-state index is 0.0335. The van der Waals surface area contributed by atoms with Crippen molar-refractivity contribution >= 4 is 15.9 Å². The van der Waals surface area contributed by atoms with E-state index in [0.717, 1.165) is 17.9 Å². The lowest BCUT2D eigenvalue weighted by atomic mass is 9.99. The summed E-state index contributed by atoms with van der Waals surface area (Å²) in [6.45, 7) is 1.14. The van der Waals surface area contributed by atoms with Crippen LogP contribution in [0.15, 0.2) is 59.5 Å². The Balaban J connectivity index is 1.52. The van der Waals surface area contributed by atoms with Crippen LogP contribution in [-0.4, -0.2) is 44.9 Å². The molecule has 8 heteroatoms. The third-order valence-electron chi connectivity index (χ3n) is 4.62. The highest BCUT2D eigenvalue weighted by atomic mass is 32.2. The molecule has 0 aromatic heterocycles. The fourth-order valence-corrected chi connectivity index (χ4v) is 4.66. The maximum absolute atomic E-state index is 13.1. The van der Waals surface area contributed by atoms with Gasteiger partial charge in [-0.3, -0.25) is 4.79 Å². The summed E-state index contributed by atoms with van der Waals surface area (Å²) in [5, 5.41) is 2.81. The minimum Gasteiger partial charge on any atom is -0.492 e. The third kappa shape index (κ3) is 5.08. The summed E-state index contributed by atoms with van der Waals surface area (Å²) >= 11 is 0. The van der Waals surface area contributed by atoms with Crippen LogP contribution in [0.5, 0.6) is 5.75 Å². The van der Waals surface area contributed by atoms with Crippen LogP contribution in [0.4, 0.5) is 4.39 Å². The van der Waals surface area contributed by atoms with Crippen molar-refractivity contribution in [3.63, 3.8) is 0 Å². The molecule has 28 heavy (non-hydrogen) atoms. The van der Waals surface area contributed by atoms with E-state index in [-0.39, 0.29) is 17.3 Å². The Morgan fingerprint density at radius 3 is 2.57 bits per heavy atom. The minimum atomic E-state index is -3.74. The fourth-order valence-electron chi connectivity index (χ4n) is 3.13. The van der Waals surface area contributed by atoms with E-state index in [1.807, 2.05) is 30.3 Å². The summed E-state index contributed by atoms with van der Waals surface area (Å²) in [6.07, 6.45) is 1.22. The van der Waals surface area contributed by atoms with Gasteiger partial charge >= 0.3 is 0 Å². The number of carbonyl (C=O) groups excluding carboxylic acids is 1. The number of hydrogen-bond donors (Lipinski definition) is 1. The highest BCUT2D eigenvalue weighted by Crippen LogP contribution is 2.24. The molecule has 0 aliphatic carbocycles. The monoisotopic (exact) mass is 406 g/mol. The smallest absolute Gasteiger partial charge is 0.243 e. The van der Waals surface area contributed by atoms with Crippen molar-refractivity contribution in [1.82, 2.24) is 9.62 Å². The van der Waals surface area contributed by atoms with Crippen LogP contribution in [-0.2, 0) is 14.8 Å². The van der Waals surface area contributed by atoms with Crippen molar-refractivity contribution in [2.24, 2.45) is 5.92 Å². The summed E-state index contributed by atoms with van der Waals surface area (Å²) in [4.78, 5) is 12.5. The lowest BCUT2D eigenvalue weighted by Gasteiger charge is -2.31. The molecule has 6 nitrogen and oxygen atoms in total. The van der Waals surface area contributed by atoms with Crippen molar-refractivity contribution < 1.29 is 22.3 Å². The van der Waals surface area contributed by atoms with Crippen LogP contribution in [0.3, 0.4) is 0 Å². The number of nitrogens with zero attached hydrogens (tertiary/aromatic N) is 1. The van der Waals surface area contributed by atoms with Gasteiger partial charge < -0.3 is 10.1 Å². The highest BCUT2D eigenvalue weighted by molar-refractivity contribution is 7.89. The van der Waals surface area contributed by atoms with Crippen LogP contribution < -0.4 is 10.1 Å². The zero-order chi connectivity index (χ0) is 20.0. The maximum Gasteiger partial charge on any atom is 0.243 e. The topological polar surface area (TPSA) is 75.7 Å². The number of amides is 1. The van der Waals surface area contributed by atoms with Gasteiger partial charge in [-0.2, -0.15) is 4.31 Å². The maximum atomic E-state index is 13.1. The number of piperidine rings is 1. The van der Waals surface area contributed by atoms with Gasteiger partial charge in [0.05, 0.1) is 17.4 Å². The number of ether oxygens (including phenoxy) is 1. The van der Waals surface area contributed by atoms with Crippen molar-refractivity contribution in [3.05, 3.63) is 60.4 Å². The largest absolute Gasteiger partial charge is 0.492 e. The second-order valence-electron chi connectivity index (χ2n) is 6.61. The molecule has 1 unspecified atom stereocenters. The Labute approximate surface area is 164 Å². The molecule has 0 bridgehead atoms. The summed E-state index contributed by atoms with van der Waals surface area (Å²) in [5.74, 6) is -0.366. The zero-order valence-corrected chi connectivity index (χ0v) is 16.2. The molecule has 2 aromatic rings. The Kier molecular flexibility index (Phi) is 6.64. The predicted molar refractivity (Wildman–Crippen MR) is 103 cm³/mol. The summed E-state index contributed by atoms with van der Waals surface area (Å²) in [7, 11) is -3.74. The SMILES string of the molecule is O=C(NCCOc1ccccc1)C1CCCN(S(=O)(=O)c2ccc(F)cc2)C1. The van der Waals surface area contributed by atoms with Gasteiger partial charge in [-0.1, -0.05) is 18.2 Å². The van der Waals surface area contributed by atoms with E-state index in [1.54, 1.807) is 0 Å². The van der Waals surface area contributed by atoms with Crippen molar-refractivity contribution in [2.75, 3.05) is 26.2 Å². The van der Waals surface area contributed by atoms with E-state index in [2.05, 4.69) is 5.32 Å². The van der Waals surface area contributed by atoms with E-state index in [4.69, 9.17) is 4.74 Å². The lowest BCUT2D eigenvalue weighted by molar-refractivity contribution is -0.126. The van der Waals surface area contributed by atoms with E-state index >= 15 is 0 Å². The normalized spacial score (nSPS) is 17.8. The van der Waals surface area contributed by atoms with Crippen LogP contribution in [0, 0.1) is 11.7 Å². The van der Waals surface area contributed by atoms with Crippen LogP contribution in [0.1, 0.15) is 12.8 Å². The number of carbonyl (C=O) groups is 1. The first kappa shape index (κ1) is 20.3. The first-order chi connectivity index (χ1) is 13.5. The Morgan fingerprint density at radius 2 is 1.86 bits per heavy atom. The number of rotatable bonds is 7. The van der Waals surface area contributed by atoms with E-state index in [0.29, 0.717) is 32.5 Å². The van der Waals surface area contributed by atoms with Gasteiger partial charge in [-0.15, -0.1) is 0 Å². The van der Waals surface area contributed by atoms with E-state index < -0.39 is 21.8 Å². The average molecular weight is 406 g/mol. The number of para-hydroxylation sites is 1. The van der Waals surface area contributed by atoms with E-state index in [9.17, 15) is 17.6 Å². The molecule has 1 aliphatic heterocycles. The van der Waals surface area contributed by atoms with Gasteiger partial charge in [0.1, 0.15) is 18.2 Å². The molecule has 1 atom stereocenters. The second-order valence-corrected chi connectivity index (χ2v) is 8.55. The summed E-state index contributed by atoms with van der Waals surface area (Å²) < 4.78 is 45.4. The fraction of sp³-hybridized carbons (Fsp3) is 0.350. The standard InChI is InChI=1S/C20H23FN2O4S/c21-17-8-10-19(11-9-17)28(25,26)23-13-4-5-16(15-23)20(24)22-12-14-27-18-6-2-1-3-7-18/h1-3,6-11,16H,4-5,12-15H2,(H,22,24). The number of benzene rings is 2. The predicted octanol–water partition coefficient (Wildman–Crippen LogP) is 2.42. The number of nitrogens with one attached hydrogen (secondary N) is 1. The van der Waals surface area contributed by atoms with Gasteiger partial charge in [0.2, 0.25) is 15.9 Å². The molecule has 2 aromatic carbocycles. The van der Waals surface area contributed by atoms with Crippen molar-refractivity contribution in [3.8, 4) is 5.75 Å².